The number of carbonyl (C=O) groups excluding carboxylic acids is 1. The van der Waals surface area contributed by atoms with Gasteiger partial charge in [-0.15, -0.1) is 0 Å². The number of nitro groups is 1. The van der Waals surface area contributed by atoms with Gasteiger partial charge in [0.2, 0.25) is 5.91 Å². The van der Waals surface area contributed by atoms with E-state index in [-0.39, 0.29) is 16.6 Å². The number of rotatable bonds is 6. The van der Waals surface area contributed by atoms with Gasteiger partial charge in [0.15, 0.2) is 0 Å². The molecule has 0 saturated heterocycles. The average molecular weight is 360 g/mol. The second-order valence-corrected chi connectivity index (χ2v) is 5.99. The van der Waals surface area contributed by atoms with Crippen LogP contribution in [0, 0.1) is 10.1 Å². The Labute approximate surface area is 150 Å². The number of nitrogens with one attached hydrogen (secondary N) is 1. The molecule has 0 radical (unpaired) electrons. The lowest BCUT2D eigenvalue weighted by Gasteiger charge is -2.12. The van der Waals surface area contributed by atoms with Crippen molar-refractivity contribution in [3.8, 4) is 0 Å². The molecule has 2 rings (SSSR count). The first-order chi connectivity index (χ1) is 11.9. The Morgan fingerprint density at radius 2 is 1.92 bits per heavy atom. The van der Waals surface area contributed by atoms with E-state index in [0.29, 0.717) is 12.1 Å². The Balaban J connectivity index is 1.94. The molecule has 6 nitrogen and oxygen atoms in total. The molecule has 0 aliphatic rings. The highest BCUT2D eigenvalue weighted by Gasteiger charge is 2.11. The molecule has 0 unspecified atom stereocenters. The summed E-state index contributed by atoms with van der Waals surface area (Å²) in [7, 11) is 3.92. The summed E-state index contributed by atoms with van der Waals surface area (Å²) in [6, 6.07) is 12.2. The van der Waals surface area contributed by atoms with E-state index in [1.165, 1.54) is 24.3 Å². The fourth-order valence-corrected chi connectivity index (χ4v) is 2.29. The second-order valence-electron chi connectivity index (χ2n) is 5.58. The van der Waals surface area contributed by atoms with Crippen molar-refractivity contribution in [3.05, 3.63) is 74.8 Å². The van der Waals surface area contributed by atoms with Crippen LogP contribution < -0.4 is 10.2 Å². The van der Waals surface area contributed by atoms with Crippen molar-refractivity contribution < 1.29 is 9.72 Å². The predicted octanol–water partition coefficient (Wildman–Crippen LogP) is 3.64. The van der Waals surface area contributed by atoms with E-state index >= 15 is 0 Å². The quantitative estimate of drug-likeness (QED) is 0.485. The molecular weight excluding hydrogens is 342 g/mol. The van der Waals surface area contributed by atoms with Gasteiger partial charge in [-0.25, -0.2) is 0 Å². The van der Waals surface area contributed by atoms with E-state index in [1.54, 1.807) is 6.07 Å². The molecule has 0 spiro atoms. The van der Waals surface area contributed by atoms with Gasteiger partial charge in [-0.05, 0) is 35.4 Å². The number of halogens is 1. The number of amides is 1. The molecule has 25 heavy (non-hydrogen) atoms. The summed E-state index contributed by atoms with van der Waals surface area (Å²) in [6.45, 7) is 0.400. The molecule has 0 aromatic heterocycles. The number of nitrogens with zero attached hydrogens (tertiary/aromatic N) is 2. The summed E-state index contributed by atoms with van der Waals surface area (Å²) in [4.78, 5) is 24.2. The van der Waals surface area contributed by atoms with Crippen molar-refractivity contribution in [1.82, 2.24) is 5.32 Å². The van der Waals surface area contributed by atoms with Crippen LogP contribution in [-0.4, -0.2) is 24.9 Å². The maximum atomic E-state index is 11.9. The highest BCUT2D eigenvalue weighted by Crippen LogP contribution is 2.25. The number of hydrogen-bond acceptors (Lipinski definition) is 4. The number of nitro benzene ring substituents is 1. The molecular formula is C18H18ClN3O3. The third-order valence-corrected chi connectivity index (χ3v) is 3.83. The average Bonchev–Trinajstić information content (AvgIpc) is 2.59. The summed E-state index contributed by atoms with van der Waals surface area (Å²) in [6.07, 6.45) is 2.84. The van der Waals surface area contributed by atoms with Gasteiger partial charge in [0.25, 0.3) is 5.69 Å². The lowest BCUT2D eigenvalue weighted by atomic mass is 10.2. The van der Waals surface area contributed by atoms with Gasteiger partial charge in [0.05, 0.1) is 4.92 Å². The highest BCUT2D eigenvalue weighted by atomic mass is 35.5. The Morgan fingerprint density at radius 3 is 2.52 bits per heavy atom. The fourth-order valence-electron chi connectivity index (χ4n) is 2.11. The van der Waals surface area contributed by atoms with Crippen LogP contribution in [0.4, 0.5) is 11.4 Å². The molecule has 0 bridgehead atoms. The minimum absolute atomic E-state index is 0.0628. The van der Waals surface area contributed by atoms with Crippen molar-refractivity contribution in [2.75, 3.05) is 19.0 Å². The minimum atomic E-state index is -0.558. The first kappa shape index (κ1) is 18.5. The Hall–Kier alpha value is -2.86. The molecule has 0 atom stereocenters. The highest BCUT2D eigenvalue weighted by molar-refractivity contribution is 6.32. The van der Waals surface area contributed by atoms with Gasteiger partial charge in [-0.3, -0.25) is 14.9 Å². The third kappa shape index (κ3) is 5.32. The normalized spacial score (nSPS) is 10.7. The van der Waals surface area contributed by atoms with Crippen molar-refractivity contribution in [1.29, 1.82) is 0 Å². The summed E-state index contributed by atoms with van der Waals surface area (Å²) in [5, 5.41) is 13.7. The SMILES string of the molecule is CN(C)c1ccc(CNC(=O)/C=C/c2ccc(Cl)c([N+](=O)[O-])c2)cc1. The second kappa shape index (κ2) is 8.30. The molecule has 0 saturated carbocycles. The first-order valence-electron chi connectivity index (χ1n) is 7.53. The van der Waals surface area contributed by atoms with E-state index in [9.17, 15) is 14.9 Å². The zero-order chi connectivity index (χ0) is 18.4. The molecule has 0 fully saturated rings. The van der Waals surface area contributed by atoms with Crippen LogP contribution in [0.5, 0.6) is 0 Å². The van der Waals surface area contributed by atoms with Crippen LogP contribution in [0.25, 0.3) is 6.08 Å². The Morgan fingerprint density at radius 1 is 1.24 bits per heavy atom. The maximum absolute atomic E-state index is 11.9. The molecule has 1 N–H and O–H groups in total. The summed E-state index contributed by atoms with van der Waals surface area (Å²) in [5.74, 6) is -0.283. The van der Waals surface area contributed by atoms with Gasteiger partial charge in [0.1, 0.15) is 5.02 Å². The molecule has 7 heteroatoms. The Kier molecular flexibility index (Phi) is 6.14. The summed E-state index contributed by atoms with van der Waals surface area (Å²) in [5.41, 5.74) is 2.40. The van der Waals surface area contributed by atoms with Gasteiger partial charge >= 0.3 is 0 Å². The van der Waals surface area contributed by atoms with E-state index in [4.69, 9.17) is 11.6 Å². The summed E-state index contributed by atoms with van der Waals surface area (Å²) < 4.78 is 0. The van der Waals surface area contributed by atoms with Crippen molar-refractivity contribution in [3.63, 3.8) is 0 Å². The van der Waals surface area contributed by atoms with Crippen LogP contribution in [-0.2, 0) is 11.3 Å². The standard InChI is InChI=1S/C18H18ClN3O3/c1-21(2)15-7-3-14(4-8-15)12-20-18(23)10-6-13-5-9-16(19)17(11-13)22(24)25/h3-11H,12H2,1-2H3,(H,20,23)/b10-6+. The van der Waals surface area contributed by atoms with E-state index in [0.717, 1.165) is 11.3 Å². The Bertz CT molecular complexity index is 802. The number of benzene rings is 2. The number of anilines is 1. The smallest absolute Gasteiger partial charge is 0.288 e. The van der Waals surface area contributed by atoms with Crippen LogP contribution in [0.1, 0.15) is 11.1 Å². The predicted molar refractivity (Wildman–Crippen MR) is 99.8 cm³/mol. The molecule has 2 aromatic carbocycles. The molecule has 130 valence electrons. The lowest BCUT2D eigenvalue weighted by Crippen LogP contribution is -2.20. The van der Waals surface area contributed by atoms with Crippen LogP contribution in [0.2, 0.25) is 5.02 Å². The molecule has 0 aliphatic heterocycles. The van der Waals surface area contributed by atoms with Gasteiger partial charge in [-0.1, -0.05) is 29.8 Å². The van der Waals surface area contributed by atoms with Crippen LogP contribution in [0.15, 0.2) is 48.5 Å². The summed E-state index contributed by atoms with van der Waals surface area (Å²) >= 11 is 5.75. The monoisotopic (exact) mass is 359 g/mol. The molecule has 0 heterocycles. The molecule has 1 amide bonds. The van der Waals surface area contributed by atoms with Gasteiger partial charge < -0.3 is 10.2 Å². The molecule has 2 aromatic rings. The molecule has 0 aliphatic carbocycles. The number of carbonyl (C=O) groups is 1. The van der Waals surface area contributed by atoms with E-state index in [2.05, 4.69) is 5.32 Å². The van der Waals surface area contributed by atoms with Gasteiger partial charge in [-0.2, -0.15) is 0 Å². The lowest BCUT2D eigenvalue weighted by molar-refractivity contribution is -0.384. The van der Waals surface area contributed by atoms with Crippen molar-refractivity contribution in [2.45, 2.75) is 6.54 Å². The zero-order valence-electron chi connectivity index (χ0n) is 13.9. The van der Waals surface area contributed by atoms with Gasteiger partial charge in [0, 0.05) is 38.5 Å². The topological polar surface area (TPSA) is 75.5 Å². The van der Waals surface area contributed by atoms with E-state index < -0.39 is 4.92 Å². The minimum Gasteiger partial charge on any atom is -0.378 e. The third-order valence-electron chi connectivity index (χ3n) is 3.51. The van der Waals surface area contributed by atoms with Crippen LogP contribution >= 0.6 is 11.6 Å². The first-order valence-corrected chi connectivity index (χ1v) is 7.91. The van der Waals surface area contributed by atoms with E-state index in [1.807, 2.05) is 43.3 Å². The van der Waals surface area contributed by atoms with Crippen LogP contribution in [0.3, 0.4) is 0 Å². The van der Waals surface area contributed by atoms with Crippen molar-refractivity contribution >= 4 is 35.0 Å². The zero-order valence-corrected chi connectivity index (χ0v) is 14.7. The largest absolute Gasteiger partial charge is 0.378 e. The maximum Gasteiger partial charge on any atom is 0.288 e. The van der Waals surface area contributed by atoms with Crippen molar-refractivity contribution in [2.24, 2.45) is 0 Å². The fraction of sp³-hybridized carbons (Fsp3) is 0.167. The number of hydrogen-bond donors (Lipinski definition) is 1.